The Bertz CT molecular complexity index is 440. The van der Waals surface area contributed by atoms with Crippen molar-refractivity contribution in [2.75, 3.05) is 18.5 Å². The molecule has 0 N–H and O–H groups in total. The predicted molar refractivity (Wildman–Crippen MR) is 80.5 cm³/mol. The van der Waals surface area contributed by atoms with Crippen molar-refractivity contribution >= 4 is 34.1 Å². The molecule has 0 spiro atoms. The predicted octanol–water partition coefficient (Wildman–Crippen LogP) is 3.99. The number of rotatable bonds is 5. The molecule has 0 aliphatic rings. The molecule has 0 saturated heterocycles. The molecule has 4 nitrogen and oxygen atoms in total. The molecule has 1 heterocycles. The Morgan fingerprint density at radius 2 is 2.11 bits per heavy atom. The van der Waals surface area contributed by atoms with E-state index in [0.717, 1.165) is 24.4 Å². The Balaban J connectivity index is 2.83. The molecule has 0 fully saturated rings. The lowest BCUT2D eigenvalue weighted by Crippen LogP contribution is -2.24. The van der Waals surface area contributed by atoms with E-state index in [-0.39, 0.29) is 5.69 Å². The number of carbonyl (C=O) groups excluding carboxylic acids is 1. The van der Waals surface area contributed by atoms with Crippen molar-refractivity contribution in [2.45, 2.75) is 46.1 Å². The molecule has 0 amide bonds. The summed E-state index contributed by atoms with van der Waals surface area (Å²) < 4.78 is 9.40. The van der Waals surface area contributed by atoms with Crippen LogP contribution in [0.25, 0.3) is 0 Å². The summed E-state index contributed by atoms with van der Waals surface area (Å²) in [6, 6.07) is 0. The second kappa shape index (κ2) is 6.57. The van der Waals surface area contributed by atoms with Gasteiger partial charge in [-0.2, -0.15) is 4.37 Å². The fraction of sp³-hybridized carbons (Fsp3) is 0.692. The molecular formula is C13H21ClN2O2S. The molecular weight excluding hydrogens is 284 g/mol. The monoisotopic (exact) mass is 304 g/mol. The van der Waals surface area contributed by atoms with Crippen LogP contribution in [-0.4, -0.2) is 29.5 Å². The maximum Gasteiger partial charge on any atom is 0.360 e. The van der Waals surface area contributed by atoms with Gasteiger partial charge in [0.2, 0.25) is 0 Å². The van der Waals surface area contributed by atoms with Crippen LogP contribution in [-0.2, 0) is 4.74 Å². The second-order valence-electron chi connectivity index (χ2n) is 5.43. The highest BCUT2D eigenvalue weighted by Crippen LogP contribution is 2.33. The first-order valence-corrected chi connectivity index (χ1v) is 7.51. The third-order valence-electron chi connectivity index (χ3n) is 2.41. The van der Waals surface area contributed by atoms with Crippen molar-refractivity contribution in [1.82, 2.24) is 4.37 Å². The Morgan fingerprint density at radius 3 is 2.63 bits per heavy atom. The van der Waals surface area contributed by atoms with E-state index in [1.165, 1.54) is 11.5 Å². The van der Waals surface area contributed by atoms with Crippen LogP contribution in [0.3, 0.4) is 0 Å². The third kappa shape index (κ3) is 4.66. The normalized spacial score (nSPS) is 11.5. The topological polar surface area (TPSA) is 42.4 Å². The van der Waals surface area contributed by atoms with Crippen molar-refractivity contribution in [3.63, 3.8) is 0 Å². The van der Waals surface area contributed by atoms with Crippen molar-refractivity contribution in [2.24, 2.45) is 0 Å². The quantitative estimate of drug-likeness (QED) is 0.771. The van der Waals surface area contributed by atoms with Crippen LogP contribution in [0.5, 0.6) is 0 Å². The summed E-state index contributed by atoms with van der Waals surface area (Å²) in [7, 11) is 1.95. The number of hydrogen-bond acceptors (Lipinski definition) is 5. The molecule has 0 radical (unpaired) electrons. The van der Waals surface area contributed by atoms with Crippen molar-refractivity contribution in [1.29, 1.82) is 0 Å². The van der Waals surface area contributed by atoms with Gasteiger partial charge < -0.3 is 9.64 Å². The van der Waals surface area contributed by atoms with Gasteiger partial charge in [-0.05, 0) is 38.7 Å². The molecule has 1 aromatic heterocycles. The van der Waals surface area contributed by atoms with Crippen molar-refractivity contribution < 1.29 is 9.53 Å². The number of unbranched alkanes of at least 4 members (excludes halogenated alkanes) is 1. The van der Waals surface area contributed by atoms with E-state index < -0.39 is 11.6 Å². The maximum absolute atomic E-state index is 12.0. The van der Waals surface area contributed by atoms with Gasteiger partial charge in [0, 0.05) is 13.6 Å². The van der Waals surface area contributed by atoms with Crippen molar-refractivity contribution in [3.05, 3.63) is 10.7 Å². The number of esters is 1. The Kier molecular flexibility index (Phi) is 5.62. The molecule has 0 atom stereocenters. The number of halogens is 1. The summed E-state index contributed by atoms with van der Waals surface area (Å²) in [5, 5.41) is 1.20. The van der Waals surface area contributed by atoms with Crippen LogP contribution >= 0.6 is 23.1 Å². The van der Waals surface area contributed by atoms with Gasteiger partial charge in [-0.25, -0.2) is 4.79 Å². The number of anilines is 1. The zero-order valence-electron chi connectivity index (χ0n) is 12.1. The van der Waals surface area contributed by atoms with Crippen molar-refractivity contribution in [3.8, 4) is 0 Å². The average Bonchev–Trinajstić information content (AvgIpc) is 2.65. The van der Waals surface area contributed by atoms with Gasteiger partial charge in [0.05, 0.1) is 0 Å². The molecule has 0 bridgehead atoms. The summed E-state index contributed by atoms with van der Waals surface area (Å²) in [4.78, 5) is 14.0. The maximum atomic E-state index is 12.0. The lowest BCUT2D eigenvalue weighted by Gasteiger charge is -2.19. The molecule has 108 valence electrons. The third-order valence-corrected chi connectivity index (χ3v) is 3.84. The first-order chi connectivity index (χ1) is 8.76. The van der Waals surface area contributed by atoms with Crippen LogP contribution < -0.4 is 4.90 Å². The minimum Gasteiger partial charge on any atom is -0.455 e. The summed E-state index contributed by atoms with van der Waals surface area (Å²) in [6.45, 7) is 8.48. The lowest BCUT2D eigenvalue weighted by molar-refractivity contribution is 0.00645. The van der Waals surface area contributed by atoms with Crippen LogP contribution in [0.2, 0.25) is 5.02 Å². The van der Waals surface area contributed by atoms with Crippen LogP contribution in [0.1, 0.15) is 51.0 Å². The van der Waals surface area contributed by atoms with Gasteiger partial charge in [-0.1, -0.05) is 24.9 Å². The van der Waals surface area contributed by atoms with Crippen LogP contribution in [0.15, 0.2) is 0 Å². The number of ether oxygens (including phenoxy) is 1. The van der Waals surface area contributed by atoms with Gasteiger partial charge in [0.15, 0.2) is 5.69 Å². The highest BCUT2D eigenvalue weighted by molar-refractivity contribution is 7.11. The zero-order chi connectivity index (χ0) is 14.6. The molecule has 0 aliphatic carbocycles. The smallest absolute Gasteiger partial charge is 0.360 e. The summed E-state index contributed by atoms with van der Waals surface area (Å²) in [5.41, 5.74) is -0.335. The highest BCUT2D eigenvalue weighted by atomic mass is 35.5. The van der Waals surface area contributed by atoms with E-state index in [2.05, 4.69) is 11.3 Å². The molecule has 0 aromatic carbocycles. The largest absolute Gasteiger partial charge is 0.455 e. The minimum absolute atomic E-state index is 0.208. The first-order valence-electron chi connectivity index (χ1n) is 6.36. The molecule has 1 aromatic rings. The van der Waals surface area contributed by atoms with Crippen LogP contribution in [0, 0.1) is 0 Å². The van der Waals surface area contributed by atoms with E-state index in [9.17, 15) is 4.79 Å². The lowest BCUT2D eigenvalue weighted by atomic mass is 10.2. The van der Waals surface area contributed by atoms with E-state index in [1.54, 1.807) is 0 Å². The highest BCUT2D eigenvalue weighted by Gasteiger charge is 2.25. The van der Waals surface area contributed by atoms with Gasteiger partial charge in [-0.15, -0.1) is 0 Å². The first kappa shape index (κ1) is 16.2. The molecule has 0 unspecified atom stereocenters. The summed E-state index contributed by atoms with van der Waals surface area (Å²) in [5.74, 6) is -0.469. The molecule has 1 rings (SSSR count). The van der Waals surface area contributed by atoms with E-state index in [4.69, 9.17) is 16.3 Å². The standard InChI is InChI=1S/C13H21ClN2O2S/c1-6-7-8-16(5)11-9(14)10(15-19-11)12(17)18-13(2,3)4/h6-8H2,1-5H3. The molecule has 19 heavy (non-hydrogen) atoms. The number of hydrogen-bond donors (Lipinski definition) is 0. The van der Waals surface area contributed by atoms with E-state index in [1.807, 2.05) is 32.7 Å². The Morgan fingerprint density at radius 1 is 1.47 bits per heavy atom. The minimum atomic E-state index is -0.543. The molecule has 0 aliphatic heterocycles. The molecule has 6 heteroatoms. The van der Waals surface area contributed by atoms with Gasteiger partial charge >= 0.3 is 5.97 Å². The van der Waals surface area contributed by atoms with Gasteiger partial charge in [0.1, 0.15) is 15.6 Å². The summed E-state index contributed by atoms with van der Waals surface area (Å²) in [6.07, 6.45) is 2.19. The number of nitrogens with zero attached hydrogens (tertiary/aromatic N) is 2. The Hall–Kier alpha value is -0.810. The zero-order valence-corrected chi connectivity index (χ0v) is 13.7. The van der Waals surface area contributed by atoms with E-state index >= 15 is 0 Å². The second-order valence-corrected chi connectivity index (χ2v) is 6.56. The van der Waals surface area contributed by atoms with Crippen LogP contribution in [0.4, 0.5) is 5.00 Å². The molecule has 0 saturated carbocycles. The fourth-order valence-electron chi connectivity index (χ4n) is 1.46. The average molecular weight is 305 g/mol. The van der Waals surface area contributed by atoms with E-state index in [0.29, 0.717) is 5.02 Å². The van der Waals surface area contributed by atoms with Gasteiger partial charge in [-0.3, -0.25) is 0 Å². The number of carbonyl (C=O) groups is 1. The van der Waals surface area contributed by atoms with Gasteiger partial charge in [0.25, 0.3) is 0 Å². The fourth-order valence-corrected chi connectivity index (χ4v) is 2.63. The summed E-state index contributed by atoms with van der Waals surface area (Å²) >= 11 is 7.46. The Labute approximate surface area is 123 Å². The number of aromatic nitrogens is 1. The SMILES string of the molecule is CCCCN(C)c1snc(C(=O)OC(C)(C)C)c1Cl.